The van der Waals surface area contributed by atoms with Crippen LogP contribution in [0.5, 0.6) is 0 Å². The van der Waals surface area contributed by atoms with Crippen molar-refractivity contribution in [1.82, 2.24) is 0 Å². The summed E-state index contributed by atoms with van der Waals surface area (Å²) in [5.41, 5.74) is 0.419. The van der Waals surface area contributed by atoms with E-state index >= 15 is 0 Å². The van der Waals surface area contributed by atoms with Crippen molar-refractivity contribution >= 4 is 27.6 Å². The van der Waals surface area contributed by atoms with Gasteiger partial charge in [0.2, 0.25) is 15.9 Å². The summed E-state index contributed by atoms with van der Waals surface area (Å²) in [6, 6.07) is 5.39. The number of hydrogen-bond donors (Lipinski definition) is 2. The van der Waals surface area contributed by atoms with Crippen molar-refractivity contribution in [1.29, 1.82) is 0 Å². The fourth-order valence-electron chi connectivity index (χ4n) is 1.27. The predicted molar refractivity (Wildman–Crippen MR) is 67.7 cm³/mol. The zero-order chi connectivity index (χ0) is 14.5. The Hall–Kier alpha value is -1.93. The molecule has 0 aliphatic heterocycles. The number of benzene rings is 1. The number of carbonyl (C=O) groups excluding carboxylic acids is 2. The number of esters is 1. The van der Waals surface area contributed by atoms with Crippen molar-refractivity contribution in [2.24, 2.45) is 5.14 Å². The number of rotatable bonds is 5. The molecule has 0 aliphatic carbocycles. The Morgan fingerprint density at radius 2 is 1.79 bits per heavy atom. The normalized spacial score (nSPS) is 10.8. The average Bonchev–Trinajstić information content (AvgIpc) is 2.35. The van der Waals surface area contributed by atoms with E-state index in [1.165, 1.54) is 31.4 Å². The quantitative estimate of drug-likeness (QED) is 0.751. The first-order chi connectivity index (χ1) is 8.82. The fraction of sp³-hybridized carbons (Fsp3) is 0.273. The van der Waals surface area contributed by atoms with E-state index < -0.39 is 16.0 Å². The van der Waals surface area contributed by atoms with E-state index in [1.54, 1.807) is 0 Å². The molecule has 1 aromatic rings. The first-order valence-corrected chi connectivity index (χ1v) is 6.87. The SMILES string of the molecule is COC(=O)CCC(=O)Nc1ccc(S(N)(=O)=O)cc1. The van der Waals surface area contributed by atoms with E-state index in [2.05, 4.69) is 10.1 Å². The van der Waals surface area contributed by atoms with Crippen LogP contribution < -0.4 is 10.5 Å². The molecule has 1 aromatic carbocycles. The largest absolute Gasteiger partial charge is 0.469 e. The number of sulfonamides is 1. The van der Waals surface area contributed by atoms with E-state index in [1.807, 2.05) is 0 Å². The molecule has 0 heterocycles. The maximum Gasteiger partial charge on any atom is 0.306 e. The average molecular weight is 286 g/mol. The molecule has 8 heteroatoms. The highest BCUT2D eigenvalue weighted by atomic mass is 32.2. The van der Waals surface area contributed by atoms with Crippen molar-refractivity contribution in [3.63, 3.8) is 0 Å². The van der Waals surface area contributed by atoms with Crippen LogP contribution in [0.15, 0.2) is 29.2 Å². The topological polar surface area (TPSA) is 116 Å². The summed E-state index contributed by atoms with van der Waals surface area (Å²) in [6.45, 7) is 0. The summed E-state index contributed by atoms with van der Waals surface area (Å²) in [6.07, 6.45) is -0.0266. The molecule has 0 unspecified atom stereocenters. The fourth-order valence-corrected chi connectivity index (χ4v) is 1.78. The molecule has 104 valence electrons. The van der Waals surface area contributed by atoms with Crippen LogP contribution >= 0.6 is 0 Å². The number of ether oxygens (including phenoxy) is 1. The van der Waals surface area contributed by atoms with Gasteiger partial charge < -0.3 is 10.1 Å². The zero-order valence-corrected chi connectivity index (χ0v) is 11.1. The predicted octanol–water partition coefficient (Wildman–Crippen LogP) is 0.226. The minimum atomic E-state index is -3.75. The molecule has 0 saturated carbocycles. The highest BCUT2D eigenvalue weighted by molar-refractivity contribution is 7.89. The standard InChI is InChI=1S/C11H14N2O5S/c1-18-11(15)7-6-10(14)13-8-2-4-9(5-3-8)19(12,16)17/h2-5H,6-7H2,1H3,(H,13,14)(H2,12,16,17). The first-order valence-electron chi connectivity index (χ1n) is 5.32. The third-order valence-electron chi connectivity index (χ3n) is 2.25. The van der Waals surface area contributed by atoms with Gasteiger partial charge in [0.25, 0.3) is 0 Å². The molecule has 3 N–H and O–H groups in total. The second-order valence-electron chi connectivity index (χ2n) is 3.69. The smallest absolute Gasteiger partial charge is 0.306 e. The Morgan fingerprint density at radius 3 is 2.26 bits per heavy atom. The summed E-state index contributed by atoms with van der Waals surface area (Å²) >= 11 is 0. The lowest BCUT2D eigenvalue weighted by atomic mass is 10.2. The van der Waals surface area contributed by atoms with Crippen LogP contribution in [-0.2, 0) is 24.3 Å². The minimum absolute atomic E-state index is 0.0103. The molecular formula is C11H14N2O5S. The van der Waals surface area contributed by atoms with Gasteiger partial charge in [-0.25, -0.2) is 13.6 Å². The molecular weight excluding hydrogens is 272 g/mol. The Bertz CT molecular complexity index is 565. The number of nitrogens with one attached hydrogen (secondary N) is 1. The molecule has 1 amide bonds. The molecule has 0 aromatic heterocycles. The molecule has 19 heavy (non-hydrogen) atoms. The maximum absolute atomic E-state index is 11.5. The number of methoxy groups -OCH3 is 1. The van der Waals surface area contributed by atoms with Gasteiger partial charge in [-0.15, -0.1) is 0 Å². The van der Waals surface area contributed by atoms with Gasteiger partial charge in [-0.2, -0.15) is 0 Å². The second-order valence-corrected chi connectivity index (χ2v) is 5.26. The van der Waals surface area contributed by atoms with Crippen molar-refractivity contribution in [2.75, 3.05) is 12.4 Å². The van der Waals surface area contributed by atoms with E-state index in [-0.39, 0.29) is 23.6 Å². The van der Waals surface area contributed by atoms with E-state index in [0.717, 1.165) is 0 Å². The van der Waals surface area contributed by atoms with Crippen LogP contribution in [0.2, 0.25) is 0 Å². The van der Waals surface area contributed by atoms with E-state index in [9.17, 15) is 18.0 Å². The van der Waals surface area contributed by atoms with Crippen LogP contribution in [0.25, 0.3) is 0 Å². The van der Waals surface area contributed by atoms with Crippen molar-refractivity contribution < 1.29 is 22.7 Å². The number of nitrogens with two attached hydrogens (primary N) is 1. The number of hydrogen-bond acceptors (Lipinski definition) is 5. The van der Waals surface area contributed by atoms with Gasteiger partial charge in [0.1, 0.15) is 0 Å². The Balaban J connectivity index is 2.59. The lowest BCUT2D eigenvalue weighted by Gasteiger charge is -2.05. The highest BCUT2D eigenvalue weighted by Gasteiger charge is 2.09. The van der Waals surface area contributed by atoms with Crippen LogP contribution in [0.4, 0.5) is 5.69 Å². The van der Waals surface area contributed by atoms with Crippen LogP contribution in [0.3, 0.4) is 0 Å². The molecule has 0 fully saturated rings. The van der Waals surface area contributed by atoms with Crippen LogP contribution in [0.1, 0.15) is 12.8 Å². The molecule has 7 nitrogen and oxygen atoms in total. The van der Waals surface area contributed by atoms with Crippen molar-refractivity contribution in [2.45, 2.75) is 17.7 Å². The summed E-state index contributed by atoms with van der Waals surface area (Å²) in [5.74, 6) is -0.839. The molecule has 0 saturated heterocycles. The molecule has 0 radical (unpaired) electrons. The summed E-state index contributed by atoms with van der Waals surface area (Å²) in [5, 5.41) is 7.46. The Labute approximate surface area is 110 Å². The summed E-state index contributed by atoms with van der Waals surface area (Å²) < 4.78 is 26.4. The number of amides is 1. The van der Waals surface area contributed by atoms with Gasteiger partial charge in [0.05, 0.1) is 18.4 Å². The van der Waals surface area contributed by atoms with Crippen LogP contribution in [0, 0.1) is 0 Å². The van der Waals surface area contributed by atoms with E-state index in [4.69, 9.17) is 5.14 Å². The molecule has 0 atom stereocenters. The minimum Gasteiger partial charge on any atom is -0.469 e. The molecule has 1 rings (SSSR count). The van der Waals surface area contributed by atoms with E-state index in [0.29, 0.717) is 5.69 Å². The summed E-state index contributed by atoms with van der Waals surface area (Å²) in [7, 11) is -2.50. The molecule has 0 spiro atoms. The lowest BCUT2D eigenvalue weighted by molar-refractivity contribution is -0.141. The van der Waals surface area contributed by atoms with Gasteiger partial charge >= 0.3 is 5.97 Å². The maximum atomic E-state index is 11.5. The first kappa shape index (κ1) is 15.1. The Morgan fingerprint density at radius 1 is 1.21 bits per heavy atom. The monoisotopic (exact) mass is 286 g/mol. The highest BCUT2D eigenvalue weighted by Crippen LogP contribution is 2.13. The van der Waals surface area contributed by atoms with Crippen LogP contribution in [-0.4, -0.2) is 27.4 Å². The number of carbonyl (C=O) groups is 2. The summed E-state index contributed by atoms with van der Waals surface area (Å²) in [4.78, 5) is 22.3. The van der Waals surface area contributed by atoms with Gasteiger partial charge in [-0.1, -0.05) is 0 Å². The molecule has 0 aliphatic rings. The van der Waals surface area contributed by atoms with Gasteiger partial charge in [-0.05, 0) is 24.3 Å². The number of anilines is 1. The van der Waals surface area contributed by atoms with Gasteiger partial charge in [-0.3, -0.25) is 9.59 Å². The van der Waals surface area contributed by atoms with Crippen molar-refractivity contribution in [3.05, 3.63) is 24.3 Å². The number of primary sulfonamides is 1. The van der Waals surface area contributed by atoms with Gasteiger partial charge in [0, 0.05) is 12.1 Å². The van der Waals surface area contributed by atoms with Gasteiger partial charge in [0.15, 0.2) is 0 Å². The second kappa shape index (κ2) is 6.30. The third-order valence-corrected chi connectivity index (χ3v) is 3.18. The zero-order valence-electron chi connectivity index (χ0n) is 10.3. The Kier molecular flexibility index (Phi) is 5.02. The van der Waals surface area contributed by atoms with Crippen molar-refractivity contribution in [3.8, 4) is 0 Å². The molecule has 0 bridgehead atoms. The lowest BCUT2D eigenvalue weighted by Crippen LogP contribution is -2.15. The third kappa shape index (κ3) is 5.06.